The molecular weight excluding hydrogens is 233 g/mol. The Labute approximate surface area is 93.4 Å². The molecule has 0 aliphatic heterocycles. The van der Waals surface area contributed by atoms with Crippen LogP contribution in [0.25, 0.3) is 0 Å². The second kappa shape index (κ2) is 4.71. The molecule has 0 spiro atoms. The van der Waals surface area contributed by atoms with Crippen LogP contribution in [0, 0.1) is 5.82 Å². The van der Waals surface area contributed by atoms with Gasteiger partial charge in [0.05, 0.1) is 6.54 Å². The number of sulfone groups is 1. The van der Waals surface area contributed by atoms with Gasteiger partial charge in [0.25, 0.3) is 0 Å². The Morgan fingerprint density at radius 1 is 1.44 bits per heavy atom. The molecular formula is C10H12FNO3S. The van der Waals surface area contributed by atoms with E-state index in [0.717, 1.165) is 12.3 Å². The zero-order valence-corrected chi connectivity index (χ0v) is 9.77. The average Bonchev–Trinajstić information content (AvgIpc) is 2.15. The third-order valence-electron chi connectivity index (χ3n) is 1.98. The van der Waals surface area contributed by atoms with Crippen molar-refractivity contribution in [3.05, 3.63) is 29.6 Å². The SMILES string of the molecule is CNCC(=O)c1cccc(F)c1S(C)(=O)=O. The van der Waals surface area contributed by atoms with E-state index in [-0.39, 0.29) is 12.1 Å². The third-order valence-corrected chi connectivity index (χ3v) is 3.13. The highest BCUT2D eigenvalue weighted by Crippen LogP contribution is 2.19. The van der Waals surface area contributed by atoms with Crippen LogP contribution in [-0.2, 0) is 9.84 Å². The van der Waals surface area contributed by atoms with Crippen LogP contribution in [0.5, 0.6) is 0 Å². The molecule has 0 aliphatic carbocycles. The first-order chi connectivity index (χ1) is 7.38. The van der Waals surface area contributed by atoms with E-state index in [2.05, 4.69) is 5.32 Å². The Balaban J connectivity index is 3.41. The van der Waals surface area contributed by atoms with Crippen molar-refractivity contribution < 1.29 is 17.6 Å². The monoisotopic (exact) mass is 245 g/mol. The molecule has 0 saturated heterocycles. The third kappa shape index (κ3) is 2.65. The lowest BCUT2D eigenvalue weighted by Gasteiger charge is -2.07. The molecule has 0 heterocycles. The Kier molecular flexibility index (Phi) is 3.77. The number of carbonyl (C=O) groups is 1. The van der Waals surface area contributed by atoms with Gasteiger partial charge in [-0.05, 0) is 19.2 Å². The van der Waals surface area contributed by atoms with Gasteiger partial charge in [-0.2, -0.15) is 0 Å². The summed E-state index contributed by atoms with van der Waals surface area (Å²) in [7, 11) is -2.20. The highest BCUT2D eigenvalue weighted by Gasteiger charge is 2.22. The van der Waals surface area contributed by atoms with E-state index in [1.165, 1.54) is 12.1 Å². The molecule has 1 aromatic carbocycles. The molecule has 0 aliphatic rings. The second-order valence-corrected chi connectivity index (χ2v) is 5.29. The quantitative estimate of drug-likeness (QED) is 0.790. The van der Waals surface area contributed by atoms with E-state index in [4.69, 9.17) is 0 Å². The van der Waals surface area contributed by atoms with Gasteiger partial charge in [0.1, 0.15) is 10.7 Å². The van der Waals surface area contributed by atoms with Gasteiger partial charge in [0, 0.05) is 11.8 Å². The van der Waals surface area contributed by atoms with Gasteiger partial charge in [-0.1, -0.05) is 6.07 Å². The van der Waals surface area contributed by atoms with Crippen molar-refractivity contribution in [3.63, 3.8) is 0 Å². The van der Waals surface area contributed by atoms with Crippen LogP contribution in [0.3, 0.4) is 0 Å². The van der Waals surface area contributed by atoms with Crippen molar-refractivity contribution in [1.82, 2.24) is 5.32 Å². The van der Waals surface area contributed by atoms with Crippen molar-refractivity contribution in [3.8, 4) is 0 Å². The number of nitrogens with one attached hydrogen (secondary N) is 1. The van der Waals surface area contributed by atoms with Crippen LogP contribution in [0.2, 0.25) is 0 Å². The number of likely N-dealkylation sites (N-methyl/N-ethyl adjacent to an activating group) is 1. The van der Waals surface area contributed by atoms with Crippen molar-refractivity contribution in [1.29, 1.82) is 0 Å². The number of ketones is 1. The van der Waals surface area contributed by atoms with Crippen molar-refractivity contribution in [2.45, 2.75) is 4.90 Å². The molecule has 0 amide bonds. The van der Waals surface area contributed by atoms with Gasteiger partial charge in [-0.25, -0.2) is 12.8 Å². The summed E-state index contributed by atoms with van der Waals surface area (Å²) in [4.78, 5) is 11.0. The number of hydrogen-bond acceptors (Lipinski definition) is 4. The number of halogens is 1. The van der Waals surface area contributed by atoms with Crippen molar-refractivity contribution in [2.24, 2.45) is 0 Å². The predicted molar refractivity (Wildman–Crippen MR) is 57.8 cm³/mol. The maximum atomic E-state index is 13.4. The lowest BCUT2D eigenvalue weighted by atomic mass is 10.1. The van der Waals surface area contributed by atoms with Crippen LogP contribution < -0.4 is 5.32 Å². The summed E-state index contributed by atoms with van der Waals surface area (Å²) < 4.78 is 36.1. The van der Waals surface area contributed by atoms with Crippen LogP contribution in [0.4, 0.5) is 4.39 Å². The minimum Gasteiger partial charge on any atom is -0.313 e. The smallest absolute Gasteiger partial charge is 0.179 e. The first kappa shape index (κ1) is 12.8. The molecule has 1 N–H and O–H groups in total. The van der Waals surface area contributed by atoms with E-state index in [1.54, 1.807) is 7.05 Å². The summed E-state index contributed by atoms with van der Waals surface area (Å²) in [6.45, 7) is -0.0357. The molecule has 0 fully saturated rings. The van der Waals surface area contributed by atoms with E-state index in [1.807, 2.05) is 0 Å². The van der Waals surface area contributed by atoms with E-state index < -0.39 is 26.3 Å². The molecule has 0 saturated carbocycles. The second-order valence-electron chi connectivity index (χ2n) is 3.34. The fourth-order valence-electron chi connectivity index (χ4n) is 1.36. The molecule has 1 aromatic rings. The zero-order chi connectivity index (χ0) is 12.3. The standard InChI is InChI=1S/C10H12FNO3S/c1-12-6-9(13)7-4-3-5-8(11)10(7)16(2,14)15/h3-5,12H,6H2,1-2H3. The summed E-state index contributed by atoms with van der Waals surface area (Å²) in [6.07, 6.45) is 0.877. The van der Waals surface area contributed by atoms with Crippen LogP contribution in [0.1, 0.15) is 10.4 Å². The van der Waals surface area contributed by atoms with Gasteiger partial charge in [-0.3, -0.25) is 4.79 Å². The molecule has 1 rings (SSSR count). The number of rotatable bonds is 4. The maximum absolute atomic E-state index is 13.4. The maximum Gasteiger partial charge on any atom is 0.179 e. The van der Waals surface area contributed by atoms with E-state index in [0.29, 0.717) is 0 Å². The Morgan fingerprint density at radius 3 is 2.56 bits per heavy atom. The minimum atomic E-state index is -3.75. The average molecular weight is 245 g/mol. The summed E-state index contributed by atoms with van der Waals surface area (Å²) in [5, 5.41) is 2.60. The first-order valence-corrected chi connectivity index (χ1v) is 6.43. The number of Topliss-reactive ketones (excluding diaryl/α,β-unsaturated/α-hetero) is 1. The van der Waals surface area contributed by atoms with Gasteiger partial charge < -0.3 is 5.32 Å². The highest BCUT2D eigenvalue weighted by atomic mass is 32.2. The van der Waals surface area contributed by atoms with Crippen LogP contribution in [-0.4, -0.2) is 34.0 Å². The molecule has 88 valence electrons. The minimum absolute atomic E-state index is 0.0357. The molecule has 0 bridgehead atoms. The van der Waals surface area contributed by atoms with Gasteiger partial charge in [-0.15, -0.1) is 0 Å². The lowest BCUT2D eigenvalue weighted by molar-refractivity contribution is 0.0989. The first-order valence-electron chi connectivity index (χ1n) is 4.54. The van der Waals surface area contributed by atoms with Gasteiger partial charge in [0.2, 0.25) is 0 Å². The van der Waals surface area contributed by atoms with Crippen molar-refractivity contribution in [2.75, 3.05) is 19.8 Å². The summed E-state index contributed by atoms with van der Waals surface area (Å²) in [6, 6.07) is 3.64. The summed E-state index contributed by atoms with van der Waals surface area (Å²) in [5.41, 5.74) is -0.114. The Bertz CT molecular complexity index is 511. The number of hydrogen-bond donors (Lipinski definition) is 1. The summed E-state index contributed by atoms with van der Waals surface area (Å²) >= 11 is 0. The van der Waals surface area contributed by atoms with Crippen LogP contribution in [0.15, 0.2) is 23.1 Å². The van der Waals surface area contributed by atoms with Gasteiger partial charge >= 0.3 is 0 Å². The molecule has 6 heteroatoms. The predicted octanol–water partition coefficient (Wildman–Crippen LogP) is 0.631. The fourth-order valence-corrected chi connectivity index (χ4v) is 2.36. The topological polar surface area (TPSA) is 63.2 Å². The Hall–Kier alpha value is -1.27. The lowest BCUT2D eigenvalue weighted by Crippen LogP contribution is -2.21. The molecule has 0 aromatic heterocycles. The number of benzene rings is 1. The molecule has 0 unspecified atom stereocenters. The molecule has 0 radical (unpaired) electrons. The normalized spacial score (nSPS) is 11.4. The fraction of sp³-hybridized carbons (Fsp3) is 0.300. The Morgan fingerprint density at radius 2 is 2.06 bits per heavy atom. The highest BCUT2D eigenvalue weighted by molar-refractivity contribution is 7.90. The molecule has 4 nitrogen and oxygen atoms in total. The van der Waals surface area contributed by atoms with E-state index >= 15 is 0 Å². The van der Waals surface area contributed by atoms with Crippen LogP contribution >= 0.6 is 0 Å². The molecule has 16 heavy (non-hydrogen) atoms. The largest absolute Gasteiger partial charge is 0.313 e. The number of carbonyl (C=O) groups excluding carboxylic acids is 1. The van der Waals surface area contributed by atoms with E-state index in [9.17, 15) is 17.6 Å². The van der Waals surface area contributed by atoms with Gasteiger partial charge in [0.15, 0.2) is 15.6 Å². The van der Waals surface area contributed by atoms with Crippen molar-refractivity contribution >= 4 is 15.6 Å². The summed E-state index contributed by atoms with van der Waals surface area (Å²) in [5.74, 6) is -1.35. The molecule has 0 atom stereocenters. The zero-order valence-electron chi connectivity index (χ0n) is 8.95.